The van der Waals surface area contributed by atoms with Gasteiger partial charge in [-0.3, -0.25) is 0 Å². The molecule has 0 atom stereocenters. The zero-order chi connectivity index (χ0) is 21.8. The van der Waals surface area contributed by atoms with Crippen molar-refractivity contribution in [2.24, 2.45) is 0 Å². The second-order valence-electron chi connectivity index (χ2n) is 7.76. The maximum absolute atomic E-state index is 4.92. The molecule has 0 saturated heterocycles. The van der Waals surface area contributed by atoms with Gasteiger partial charge in [-0.05, 0) is 54.6 Å². The third kappa shape index (κ3) is 3.35. The molecule has 0 aliphatic carbocycles. The molecule has 0 spiro atoms. The molecule has 0 unspecified atom stereocenters. The molecule has 0 N–H and O–H groups in total. The summed E-state index contributed by atoms with van der Waals surface area (Å²) in [5.74, 6) is 0. The molecule has 0 bridgehead atoms. The lowest BCUT2D eigenvalue weighted by molar-refractivity contribution is 1.44. The molecule has 6 heteroatoms. The van der Waals surface area contributed by atoms with E-state index in [4.69, 9.17) is 15.0 Å². The van der Waals surface area contributed by atoms with E-state index in [2.05, 4.69) is 72.8 Å². The van der Waals surface area contributed by atoms with Crippen molar-refractivity contribution in [3.05, 3.63) is 91.0 Å². The Morgan fingerprint density at radius 3 is 1.00 bits per heavy atom. The van der Waals surface area contributed by atoms with Gasteiger partial charge in [0.1, 0.15) is 15.0 Å². The molecule has 7 aromatic rings. The summed E-state index contributed by atoms with van der Waals surface area (Å²) in [5, 5.41) is 3.05. The van der Waals surface area contributed by atoms with Gasteiger partial charge in [0.15, 0.2) is 0 Å². The molecule has 3 aromatic heterocycles. The van der Waals surface area contributed by atoms with Crippen molar-refractivity contribution in [3.8, 4) is 31.7 Å². The van der Waals surface area contributed by atoms with Crippen LogP contribution < -0.4 is 0 Å². The van der Waals surface area contributed by atoms with Crippen LogP contribution in [0, 0.1) is 0 Å². The zero-order valence-electron chi connectivity index (χ0n) is 17.2. The first kappa shape index (κ1) is 19.1. The van der Waals surface area contributed by atoms with Crippen LogP contribution >= 0.6 is 34.0 Å². The van der Waals surface area contributed by atoms with Crippen LogP contribution in [0.15, 0.2) is 91.0 Å². The predicted octanol–water partition coefficient (Wildman–Crippen LogP) is 8.52. The smallest absolute Gasteiger partial charge is 0.124 e. The van der Waals surface area contributed by atoms with Crippen molar-refractivity contribution < 1.29 is 0 Å². The van der Waals surface area contributed by atoms with Crippen molar-refractivity contribution in [2.75, 3.05) is 0 Å². The first-order chi connectivity index (χ1) is 16.3. The number of rotatable bonds is 3. The standard InChI is InChI=1S/C27H15N3S3/c1-4-10-22-19(7-1)28-25(31-22)16-13-17(26-29-20-8-2-5-11-23(20)32-26)15-18(14-16)27-30-21-9-3-6-12-24(21)33-27/h1-15H. The number of hydrogen-bond acceptors (Lipinski definition) is 6. The van der Waals surface area contributed by atoms with Crippen LogP contribution in [0.25, 0.3) is 62.4 Å². The Kier molecular flexibility index (Phi) is 4.36. The van der Waals surface area contributed by atoms with Gasteiger partial charge >= 0.3 is 0 Å². The minimum Gasteiger partial charge on any atom is -0.236 e. The maximum atomic E-state index is 4.92. The average Bonchev–Trinajstić information content (AvgIpc) is 3.59. The average molecular weight is 478 g/mol. The molecular formula is C27H15N3S3. The van der Waals surface area contributed by atoms with Crippen LogP contribution in [0.3, 0.4) is 0 Å². The van der Waals surface area contributed by atoms with Gasteiger partial charge < -0.3 is 0 Å². The number of aromatic nitrogens is 3. The molecule has 0 radical (unpaired) electrons. The van der Waals surface area contributed by atoms with Gasteiger partial charge in [-0.25, -0.2) is 15.0 Å². The first-order valence-electron chi connectivity index (χ1n) is 10.5. The molecule has 0 aliphatic rings. The number of para-hydroxylation sites is 3. The van der Waals surface area contributed by atoms with Crippen LogP contribution in [0.4, 0.5) is 0 Å². The Labute approximate surface area is 201 Å². The molecule has 3 heterocycles. The van der Waals surface area contributed by atoms with E-state index in [0.717, 1.165) is 48.3 Å². The number of nitrogens with zero attached hydrogens (tertiary/aromatic N) is 3. The van der Waals surface area contributed by atoms with Crippen molar-refractivity contribution in [3.63, 3.8) is 0 Å². The number of hydrogen-bond donors (Lipinski definition) is 0. The Bertz CT molecular complexity index is 1470. The van der Waals surface area contributed by atoms with Crippen LogP contribution in [0.1, 0.15) is 0 Å². The van der Waals surface area contributed by atoms with Crippen molar-refractivity contribution in [2.45, 2.75) is 0 Å². The fourth-order valence-electron chi connectivity index (χ4n) is 3.99. The summed E-state index contributed by atoms with van der Waals surface area (Å²) in [5.41, 5.74) is 6.39. The van der Waals surface area contributed by atoms with Crippen molar-refractivity contribution in [1.29, 1.82) is 0 Å². The van der Waals surface area contributed by atoms with Gasteiger partial charge in [-0.2, -0.15) is 0 Å². The van der Waals surface area contributed by atoms with Gasteiger partial charge in [0, 0.05) is 16.7 Å². The summed E-state index contributed by atoms with van der Waals surface area (Å²) < 4.78 is 3.58. The minimum atomic E-state index is 1.02. The second kappa shape index (κ2) is 7.56. The highest BCUT2D eigenvalue weighted by Gasteiger charge is 2.15. The minimum absolute atomic E-state index is 1.02. The Morgan fingerprint density at radius 1 is 0.394 bits per heavy atom. The van der Waals surface area contributed by atoms with Crippen molar-refractivity contribution >= 4 is 64.7 Å². The van der Waals surface area contributed by atoms with Gasteiger partial charge in [0.05, 0.1) is 30.6 Å². The van der Waals surface area contributed by atoms with Gasteiger partial charge in [-0.1, -0.05) is 36.4 Å². The molecule has 0 amide bonds. The molecule has 156 valence electrons. The summed E-state index contributed by atoms with van der Waals surface area (Å²) in [6.07, 6.45) is 0. The van der Waals surface area contributed by atoms with E-state index in [1.807, 2.05) is 18.2 Å². The highest BCUT2D eigenvalue weighted by molar-refractivity contribution is 7.22. The van der Waals surface area contributed by atoms with Gasteiger partial charge in [0.2, 0.25) is 0 Å². The summed E-state index contributed by atoms with van der Waals surface area (Å²) in [4.78, 5) is 14.8. The molecule has 7 rings (SSSR count). The van der Waals surface area contributed by atoms with E-state index in [0.29, 0.717) is 0 Å². The van der Waals surface area contributed by atoms with Crippen LogP contribution in [0.2, 0.25) is 0 Å². The lowest BCUT2D eigenvalue weighted by Crippen LogP contribution is -1.85. The van der Waals surface area contributed by atoms with Crippen LogP contribution in [0.5, 0.6) is 0 Å². The van der Waals surface area contributed by atoms with Crippen LogP contribution in [-0.4, -0.2) is 15.0 Å². The molecule has 0 saturated carbocycles. The topological polar surface area (TPSA) is 38.7 Å². The fourth-order valence-corrected chi connectivity index (χ4v) is 6.84. The number of benzene rings is 4. The highest BCUT2D eigenvalue weighted by atomic mass is 32.1. The molecule has 33 heavy (non-hydrogen) atoms. The summed E-state index contributed by atoms with van der Waals surface area (Å²) in [6, 6.07) is 31.5. The summed E-state index contributed by atoms with van der Waals surface area (Å²) in [6.45, 7) is 0. The third-order valence-corrected chi connectivity index (χ3v) is 8.81. The molecule has 0 aliphatic heterocycles. The maximum Gasteiger partial charge on any atom is 0.124 e. The second-order valence-corrected chi connectivity index (χ2v) is 10.9. The molecule has 0 fully saturated rings. The Balaban J connectivity index is 1.46. The molecule has 3 nitrogen and oxygen atoms in total. The normalized spacial score (nSPS) is 11.6. The lowest BCUT2D eigenvalue weighted by atomic mass is 10.1. The number of fused-ring (bicyclic) bond motifs is 3. The third-order valence-electron chi connectivity index (χ3n) is 5.56. The summed E-state index contributed by atoms with van der Waals surface area (Å²) in [7, 11) is 0. The quantitative estimate of drug-likeness (QED) is 0.256. The Hall–Kier alpha value is -3.45. The highest BCUT2D eigenvalue weighted by Crippen LogP contribution is 2.39. The fraction of sp³-hybridized carbons (Fsp3) is 0. The largest absolute Gasteiger partial charge is 0.236 e. The monoisotopic (exact) mass is 477 g/mol. The van der Waals surface area contributed by atoms with E-state index in [9.17, 15) is 0 Å². The lowest BCUT2D eigenvalue weighted by Gasteiger charge is -2.05. The zero-order valence-corrected chi connectivity index (χ0v) is 19.7. The molecule has 4 aromatic carbocycles. The Morgan fingerprint density at radius 2 is 0.697 bits per heavy atom. The summed E-state index contributed by atoms with van der Waals surface area (Å²) >= 11 is 5.17. The van der Waals surface area contributed by atoms with E-state index in [1.165, 1.54) is 14.1 Å². The van der Waals surface area contributed by atoms with E-state index in [1.54, 1.807) is 34.0 Å². The SMILES string of the molecule is c1ccc2sc(-c3cc(-c4nc5ccccc5s4)cc(-c4nc5ccccc5s4)c3)nc2c1. The number of thiazole rings is 3. The van der Waals surface area contributed by atoms with E-state index >= 15 is 0 Å². The van der Waals surface area contributed by atoms with E-state index < -0.39 is 0 Å². The first-order valence-corrected chi connectivity index (χ1v) is 13.0. The predicted molar refractivity (Wildman–Crippen MR) is 142 cm³/mol. The molecular weight excluding hydrogens is 463 g/mol. The van der Waals surface area contributed by atoms with Crippen LogP contribution in [-0.2, 0) is 0 Å². The van der Waals surface area contributed by atoms with Gasteiger partial charge in [0.25, 0.3) is 0 Å². The van der Waals surface area contributed by atoms with Gasteiger partial charge in [-0.15, -0.1) is 34.0 Å². The van der Waals surface area contributed by atoms with Crippen molar-refractivity contribution in [1.82, 2.24) is 15.0 Å². The van der Waals surface area contributed by atoms with E-state index in [-0.39, 0.29) is 0 Å².